The summed E-state index contributed by atoms with van der Waals surface area (Å²) in [6.45, 7) is 6.46. The molecule has 6 nitrogen and oxygen atoms in total. The quantitative estimate of drug-likeness (QED) is 0.639. The molecule has 1 aromatic carbocycles. The number of guanidine groups is 1. The van der Waals surface area contributed by atoms with Gasteiger partial charge >= 0.3 is 0 Å². The predicted molar refractivity (Wildman–Crippen MR) is 104 cm³/mol. The molecule has 0 saturated carbocycles. The summed E-state index contributed by atoms with van der Waals surface area (Å²) in [7, 11) is 1.85. The van der Waals surface area contributed by atoms with Crippen molar-refractivity contribution in [1.29, 1.82) is 0 Å². The molecule has 26 heavy (non-hydrogen) atoms. The van der Waals surface area contributed by atoms with Gasteiger partial charge < -0.3 is 19.5 Å². The third kappa shape index (κ3) is 5.08. The van der Waals surface area contributed by atoms with Crippen molar-refractivity contribution in [3.63, 3.8) is 0 Å². The van der Waals surface area contributed by atoms with Gasteiger partial charge in [0.25, 0.3) is 0 Å². The Labute approximate surface area is 155 Å². The SMILES string of the molecule is CCOC1CCN(C(=NC)NCc2cccc(Cn3ccnc3)c2)CC1. The van der Waals surface area contributed by atoms with Gasteiger partial charge in [-0.1, -0.05) is 24.3 Å². The minimum absolute atomic E-state index is 0.397. The van der Waals surface area contributed by atoms with Crippen LogP contribution < -0.4 is 5.32 Å². The lowest BCUT2D eigenvalue weighted by Crippen LogP contribution is -2.46. The second kappa shape index (κ2) is 9.38. The third-order valence-electron chi connectivity index (χ3n) is 4.72. The Morgan fingerprint density at radius 3 is 2.81 bits per heavy atom. The maximum atomic E-state index is 5.74. The summed E-state index contributed by atoms with van der Waals surface area (Å²) in [5, 5.41) is 3.50. The van der Waals surface area contributed by atoms with Crippen LogP contribution in [0.2, 0.25) is 0 Å². The van der Waals surface area contributed by atoms with Gasteiger partial charge in [-0.3, -0.25) is 4.99 Å². The summed E-state index contributed by atoms with van der Waals surface area (Å²) in [6.07, 6.45) is 8.17. The van der Waals surface area contributed by atoms with Crippen molar-refractivity contribution >= 4 is 5.96 Å². The molecule has 6 heteroatoms. The molecule has 1 fully saturated rings. The summed E-state index contributed by atoms with van der Waals surface area (Å²) in [5.74, 6) is 0.972. The van der Waals surface area contributed by atoms with Crippen LogP contribution in [0.5, 0.6) is 0 Å². The van der Waals surface area contributed by atoms with Gasteiger partial charge in [0.15, 0.2) is 5.96 Å². The number of rotatable bonds is 6. The molecule has 0 atom stereocenters. The van der Waals surface area contributed by atoms with Crippen molar-refractivity contribution in [1.82, 2.24) is 19.8 Å². The fourth-order valence-corrected chi connectivity index (χ4v) is 3.41. The molecule has 1 aromatic heterocycles. The predicted octanol–water partition coefficient (Wildman–Crippen LogP) is 2.51. The van der Waals surface area contributed by atoms with Crippen LogP contribution in [-0.4, -0.2) is 53.3 Å². The van der Waals surface area contributed by atoms with E-state index in [0.717, 1.165) is 51.6 Å². The lowest BCUT2D eigenvalue weighted by molar-refractivity contribution is 0.0263. The summed E-state index contributed by atoms with van der Waals surface area (Å²) in [4.78, 5) is 10.9. The maximum absolute atomic E-state index is 5.74. The van der Waals surface area contributed by atoms with Crippen molar-refractivity contribution in [2.45, 2.75) is 39.0 Å². The molecule has 1 saturated heterocycles. The summed E-state index contributed by atoms with van der Waals surface area (Å²) in [5.41, 5.74) is 2.53. The van der Waals surface area contributed by atoms with Gasteiger partial charge in [0.05, 0.1) is 12.4 Å². The van der Waals surface area contributed by atoms with E-state index in [4.69, 9.17) is 4.74 Å². The molecule has 1 aliphatic rings. The van der Waals surface area contributed by atoms with Crippen LogP contribution >= 0.6 is 0 Å². The smallest absolute Gasteiger partial charge is 0.193 e. The first kappa shape index (κ1) is 18.5. The van der Waals surface area contributed by atoms with Gasteiger partial charge in [-0.2, -0.15) is 0 Å². The number of nitrogens with one attached hydrogen (secondary N) is 1. The minimum atomic E-state index is 0.397. The molecule has 0 amide bonds. The molecule has 0 radical (unpaired) electrons. The fourth-order valence-electron chi connectivity index (χ4n) is 3.41. The highest BCUT2D eigenvalue weighted by molar-refractivity contribution is 5.79. The van der Waals surface area contributed by atoms with E-state index < -0.39 is 0 Å². The second-order valence-electron chi connectivity index (χ2n) is 6.60. The molecule has 1 N–H and O–H groups in total. The average molecular weight is 355 g/mol. The van der Waals surface area contributed by atoms with E-state index in [1.54, 1.807) is 0 Å². The normalized spacial score (nSPS) is 16.1. The first-order chi connectivity index (χ1) is 12.8. The van der Waals surface area contributed by atoms with Gasteiger partial charge in [0, 0.05) is 52.2 Å². The monoisotopic (exact) mass is 355 g/mol. The van der Waals surface area contributed by atoms with Crippen molar-refractivity contribution in [3.8, 4) is 0 Å². The zero-order valence-corrected chi connectivity index (χ0v) is 15.8. The Kier molecular flexibility index (Phi) is 6.66. The van der Waals surface area contributed by atoms with E-state index in [1.165, 1.54) is 11.1 Å². The number of hydrogen-bond donors (Lipinski definition) is 1. The van der Waals surface area contributed by atoms with Crippen molar-refractivity contribution in [3.05, 3.63) is 54.1 Å². The molecule has 2 aromatic rings. The van der Waals surface area contributed by atoms with Crippen LogP contribution in [0.15, 0.2) is 48.0 Å². The number of aliphatic imine (C=N–C) groups is 1. The number of aromatic nitrogens is 2. The Morgan fingerprint density at radius 1 is 1.31 bits per heavy atom. The molecule has 2 heterocycles. The Bertz CT molecular complexity index is 690. The van der Waals surface area contributed by atoms with Crippen LogP contribution in [0, 0.1) is 0 Å². The first-order valence-electron chi connectivity index (χ1n) is 9.39. The zero-order chi connectivity index (χ0) is 18.2. The number of hydrogen-bond acceptors (Lipinski definition) is 3. The van der Waals surface area contributed by atoms with E-state index in [0.29, 0.717) is 6.10 Å². The Morgan fingerprint density at radius 2 is 2.12 bits per heavy atom. The van der Waals surface area contributed by atoms with E-state index in [1.807, 2.05) is 25.8 Å². The second-order valence-corrected chi connectivity index (χ2v) is 6.60. The van der Waals surface area contributed by atoms with E-state index in [2.05, 4.69) is 55.9 Å². The van der Waals surface area contributed by atoms with E-state index in [9.17, 15) is 0 Å². The number of benzene rings is 1. The van der Waals surface area contributed by atoms with Gasteiger partial charge in [-0.25, -0.2) is 4.98 Å². The summed E-state index contributed by atoms with van der Waals surface area (Å²) in [6, 6.07) is 8.65. The Balaban J connectivity index is 1.52. The van der Waals surface area contributed by atoms with Crippen LogP contribution in [0.4, 0.5) is 0 Å². The van der Waals surface area contributed by atoms with Crippen molar-refractivity contribution < 1.29 is 4.74 Å². The van der Waals surface area contributed by atoms with Crippen LogP contribution in [0.3, 0.4) is 0 Å². The zero-order valence-electron chi connectivity index (χ0n) is 15.8. The fraction of sp³-hybridized carbons (Fsp3) is 0.500. The largest absolute Gasteiger partial charge is 0.378 e. The van der Waals surface area contributed by atoms with Gasteiger partial charge in [0.2, 0.25) is 0 Å². The lowest BCUT2D eigenvalue weighted by atomic mass is 10.1. The molecule has 1 aliphatic heterocycles. The summed E-state index contributed by atoms with van der Waals surface area (Å²) < 4.78 is 7.81. The highest BCUT2D eigenvalue weighted by Gasteiger charge is 2.21. The maximum Gasteiger partial charge on any atom is 0.193 e. The number of ether oxygens (including phenoxy) is 1. The number of piperidine rings is 1. The van der Waals surface area contributed by atoms with Gasteiger partial charge in [0.1, 0.15) is 0 Å². The molecule has 0 bridgehead atoms. The minimum Gasteiger partial charge on any atom is -0.378 e. The standard InChI is InChI=1S/C20H29N5O/c1-3-26-19-7-10-25(11-8-19)20(21-2)23-14-17-5-4-6-18(13-17)15-24-12-9-22-16-24/h4-6,9,12-13,16,19H,3,7-8,10-11,14-15H2,1-2H3,(H,21,23). The van der Waals surface area contributed by atoms with E-state index >= 15 is 0 Å². The molecule has 3 rings (SSSR count). The van der Waals surface area contributed by atoms with Crippen LogP contribution in [0.1, 0.15) is 30.9 Å². The average Bonchev–Trinajstić information content (AvgIpc) is 3.17. The first-order valence-corrected chi connectivity index (χ1v) is 9.39. The molecular formula is C20H29N5O. The Hall–Kier alpha value is -2.34. The molecule has 0 aliphatic carbocycles. The summed E-state index contributed by atoms with van der Waals surface area (Å²) >= 11 is 0. The third-order valence-corrected chi connectivity index (χ3v) is 4.72. The van der Waals surface area contributed by atoms with Gasteiger partial charge in [-0.15, -0.1) is 0 Å². The topological polar surface area (TPSA) is 54.7 Å². The van der Waals surface area contributed by atoms with Crippen LogP contribution in [0.25, 0.3) is 0 Å². The molecule has 0 spiro atoms. The number of imidazole rings is 1. The number of nitrogens with zero attached hydrogens (tertiary/aromatic N) is 4. The van der Waals surface area contributed by atoms with Crippen molar-refractivity contribution in [2.75, 3.05) is 26.7 Å². The van der Waals surface area contributed by atoms with Crippen molar-refractivity contribution in [2.24, 2.45) is 4.99 Å². The molecule has 140 valence electrons. The van der Waals surface area contributed by atoms with E-state index in [-0.39, 0.29) is 0 Å². The lowest BCUT2D eigenvalue weighted by Gasteiger charge is -2.34. The molecular weight excluding hydrogens is 326 g/mol. The molecule has 0 unspecified atom stereocenters. The van der Waals surface area contributed by atoms with Crippen LogP contribution in [-0.2, 0) is 17.8 Å². The number of likely N-dealkylation sites (tertiary alicyclic amines) is 1. The highest BCUT2D eigenvalue weighted by Crippen LogP contribution is 2.14. The highest BCUT2D eigenvalue weighted by atomic mass is 16.5. The van der Waals surface area contributed by atoms with Gasteiger partial charge in [-0.05, 0) is 30.9 Å².